The lowest BCUT2D eigenvalue weighted by atomic mass is 9.97. The van der Waals surface area contributed by atoms with Crippen molar-refractivity contribution in [2.45, 2.75) is 46.0 Å². The number of aryl methyl sites for hydroxylation is 1. The maximum atomic E-state index is 12.6. The Morgan fingerprint density at radius 1 is 1.36 bits per heavy atom. The summed E-state index contributed by atoms with van der Waals surface area (Å²) in [4.78, 5) is 37.1. The second-order valence-electron chi connectivity index (χ2n) is 6.42. The molecule has 7 nitrogen and oxygen atoms in total. The Morgan fingerprint density at radius 3 is 2.72 bits per heavy atom. The van der Waals surface area contributed by atoms with E-state index in [0.29, 0.717) is 38.2 Å². The number of hydrogen-bond acceptors (Lipinski definition) is 4. The number of carboxylic acid groups (broad SMARTS) is 1. The molecule has 25 heavy (non-hydrogen) atoms. The van der Waals surface area contributed by atoms with Crippen LogP contribution in [0.15, 0.2) is 10.5 Å². The van der Waals surface area contributed by atoms with Crippen LogP contribution >= 0.6 is 0 Å². The summed E-state index contributed by atoms with van der Waals surface area (Å²) in [5.74, 6) is -0.739. The molecule has 0 spiro atoms. The second-order valence-corrected chi connectivity index (χ2v) is 6.42. The first-order chi connectivity index (χ1) is 12.0. The molecule has 1 aliphatic heterocycles. The van der Waals surface area contributed by atoms with E-state index in [1.807, 2.05) is 6.92 Å². The van der Waals surface area contributed by atoms with Crippen molar-refractivity contribution in [3.8, 4) is 0 Å². The summed E-state index contributed by atoms with van der Waals surface area (Å²) >= 11 is 0. The summed E-state index contributed by atoms with van der Waals surface area (Å²) in [5, 5.41) is 12.1. The molecule has 2 rings (SSSR count). The lowest BCUT2D eigenvalue weighted by molar-refractivity contribution is -0.121. The van der Waals surface area contributed by atoms with Crippen LogP contribution in [-0.2, 0) is 11.2 Å². The van der Waals surface area contributed by atoms with Crippen LogP contribution in [0.4, 0.5) is 0 Å². The number of carboxylic acids is 1. The summed E-state index contributed by atoms with van der Waals surface area (Å²) in [6, 6.07) is 1.32. The Balaban J connectivity index is 1.99. The molecule has 138 valence electrons. The molecule has 1 aliphatic rings. The van der Waals surface area contributed by atoms with Crippen LogP contribution in [0.1, 0.15) is 66.2 Å². The van der Waals surface area contributed by atoms with E-state index < -0.39 is 5.97 Å². The van der Waals surface area contributed by atoms with Gasteiger partial charge in [-0.15, -0.1) is 0 Å². The summed E-state index contributed by atoms with van der Waals surface area (Å²) in [5.41, 5.74) is 0.0474. The predicted molar refractivity (Wildman–Crippen MR) is 91.6 cm³/mol. The zero-order chi connectivity index (χ0) is 18.4. The molecule has 0 radical (unpaired) electrons. The Morgan fingerprint density at radius 2 is 2.12 bits per heavy atom. The highest BCUT2D eigenvalue weighted by Gasteiger charge is 2.28. The highest BCUT2D eigenvalue weighted by Crippen LogP contribution is 2.22. The van der Waals surface area contributed by atoms with Crippen molar-refractivity contribution in [3.63, 3.8) is 0 Å². The lowest BCUT2D eigenvalue weighted by Gasteiger charge is -2.32. The van der Waals surface area contributed by atoms with Crippen molar-refractivity contribution in [3.05, 3.63) is 23.2 Å². The van der Waals surface area contributed by atoms with E-state index >= 15 is 0 Å². The van der Waals surface area contributed by atoms with Crippen LogP contribution in [0.3, 0.4) is 0 Å². The predicted octanol–water partition coefficient (Wildman–Crippen LogP) is 2.31. The van der Waals surface area contributed by atoms with E-state index in [4.69, 9.17) is 4.42 Å². The largest absolute Gasteiger partial charge is 0.478 e. The Hall–Kier alpha value is -2.31. The fraction of sp³-hybridized carbons (Fsp3) is 0.611. The van der Waals surface area contributed by atoms with Gasteiger partial charge in [-0.3, -0.25) is 9.59 Å². The average Bonchev–Trinajstić information content (AvgIpc) is 3.04. The van der Waals surface area contributed by atoms with Gasteiger partial charge in [-0.1, -0.05) is 13.8 Å². The molecule has 1 saturated heterocycles. The van der Waals surface area contributed by atoms with Gasteiger partial charge in [0.15, 0.2) is 5.76 Å². The molecule has 2 N–H and O–H groups in total. The van der Waals surface area contributed by atoms with Crippen molar-refractivity contribution in [2.24, 2.45) is 5.92 Å². The molecule has 1 atom stereocenters. The van der Waals surface area contributed by atoms with Gasteiger partial charge in [0.05, 0.1) is 0 Å². The number of carbonyl (C=O) groups is 3. The Labute approximate surface area is 147 Å². The van der Waals surface area contributed by atoms with Crippen molar-refractivity contribution in [1.82, 2.24) is 10.2 Å². The first kappa shape index (κ1) is 19.0. The summed E-state index contributed by atoms with van der Waals surface area (Å²) in [6.45, 7) is 5.45. The number of nitrogens with one attached hydrogen (secondary N) is 1. The number of furan rings is 1. The molecule has 0 bridgehead atoms. The normalized spacial score (nSPS) is 17.4. The molecule has 1 aromatic rings. The fourth-order valence-corrected chi connectivity index (χ4v) is 3.12. The first-order valence-corrected chi connectivity index (χ1v) is 8.88. The number of hydrogen-bond donors (Lipinski definition) is 2. The average molecular weight is 350 g/mol. The summed E-state index contributed by atoms with van der Waals surface area (Å²) in [7, 11) is 0. The molecular weight excluding hydrogens is 324 g/mol. The number of rotatable bonds is 7. The van der Waals surface area contributed by atoms with Gasteiger partial charge in [0.2, 0.25) is 5.91 Å². The van der Waals surface area contributed by atoms with Gasteiger partial charge in [0.1, 0.15) is 11.3 Å². The molecule has 1 unspecified atom stereocenters. The third-order valence-corrected chi connectivity index (χ3v) is 4.44. The number of likely N-dealkylation sites (tertiary alicyclic amines) is 1. The maximum Gasteiger partial charge on any atom is 0.339 e. The van der Waals surface area contributed by atoms with Crippen LogP contribution in [0.25, 0.3) is 0 Å². The molecule has 0 aromatic carbocycles. The standard InChI is InChI=1S/C18H26N2O5/c1-3-6-16(21)19-10-12-7-5-8-20(11-12)17(22)15-9-13(18(23)24)14(4-2)25-15/h9,12H,3-8,10-11H2,1-2H3,(H,19,21)(H,23,24). The molecule has 7 heteroatoms. The van der Waals surface area contributed by atoms with E-state index in [1.54, 1.807) is 11.8 Å². The smallest absolute Gasteiger partial charge is 0.339 e. The minimum Gasteiger partial charge on any atom is -0.478 e. The number of nitrogens with zero attached hydrogens (tertiary/aromatic N) is 1. The first-order valence-electron chi connectivity index (χ1n) is 8.88. The van der Waals surface area contributed by atoms with E-state index in [2.05, 4.69) is 5.32 Å². The van der Waals surface area contributed by atoms with Gasteiger partial charge in [0.25, 0.3) is 5.91 Å². The molecule has 0 aliphatic carbocycles. The SMILES string of the molecule is CCCC(=O)NCC1CCCN(C(=O)c2cc(C(=O)O)c(CC)o2)C1. The molecule has 1 fully saturated rings. The quantitative estimate of drug-likeness (QED) is 0.786. The topological polar surface area (TPSA) is 99.9 Å². The van der Waals surface area contributed by atoms with Gasteiger partial charge in [-0.2, -0.15) is 0 Å². The summed E-state index contributed by atoms with van der Waals surface area (Å²) in [6.07, 6.45) is 3.55. The van der Waals surface area contributed by atoms with E-state index in [9.17, 15) is 19.5 Å². The highest BCUT2D eigenvalue weighted by molar-refractivity contribution is 5.96. The number of carbonyl (C=O) groups excluding carboxylic acids is 2. The van der Waals surface area contributed by atoms with Crippen LogP contribution in [0, 0.1) is 5.92 Å². The van der Waals surface area contributed by atoms with Crippen molar-refractivity contribution >= 4 is 17.8 Å². The second kappa shape index (κ2) is 8.69. The molecule has 2 amide bonds. The van der Waals surface area contributed by atoms with Crippen LogP contribution in [0.5, 0.6) is 0 Å². The number of amides is 2. The Bertz CT molecular complexity index is 637. The third kappa shape index (κ3) is 4.84. The minimum absolute atomic E-state index is 0.0377. The molecule has 1 aromatic heterocycles. The zero-order valence-electron chi connectivity index (χ0n) is 14.8. The molecule has 2 heterocycles. The molecule has 0 saturated carbocycles. The van der Waals surface area contributed by atoms with Crippen LogP contribution in [-0.4, -0.2) is 47.4 Å². The number of piperidine rings is 1. The van der Waals surface area contributed by atoms with Crippen molar-refractivity contribution in [2.75, 3.05) is 19.6 Å². The maximum absolute atomic E-state index is 12.6. The van der Waals surface area contributed by atoms with Gasteiger partial charge in [0, 0.05) is 38.5 Å². The third-order valence-electron chi connectivity index (χ3n) is 4.44. The van der Waals surface area contributed by atoms with E-state index in [1.165, 1.54) is 6.07 Å². The van der Waals surface area contributed by atoms with Gasteiger partial charge >= 0.3 is 5.97 Å². The monoisotopic (exact) mass is 350 g/mol. The minimum atomic E-state index is -1.09. The molecular formula is C18H26N2O5. The van der Waals surface area contributed by atoms with Gasteiger partial charge in [-0.25, -0.2) is 4.79 Å². The lowest BCUT2D eigenvalue weighted by Crippen LogP contribution is -2.43. The van der Waals surface area contributed by atoms with Crippen molar-refractivity contribution in [1.29, 1.82) is 0 Å². The van der Waals surface area contributed by atoms with E-state index in [-0.39, 0.29) is 29.1 Å². The van der Waals surface area contributed by atoms with Crippen molar-refractivity contribution < 1.29 is 23.9 Å². The van der Waals surface area contributed by atoms with Gasteiger partial charge < -0.3 is 19.7 Å². The zero-order valence-corrected chi connectivity index (χ0v) is 14.8. The Kier molecular flexibility index (Phi) is 6.61. The summed E-state index contributed by atoms with van der Waals surface area (Å²) < 4.78 is 5.46. The van der Waals surface area contributed by atoms with Crippen LogP contribution < -0.4 is 5.32 Å². The highest BCUT2D eigenvalue weighted by atomic mass is 16.4. The van der Waals surface area contributed by atoms with Crippen LogP contribution in [0.2, 0.25) is 0 Å². The number of aromatic carboxylic acids is 1. The van der Waals surface area contributed by atoms with E-state index in [0.717, 1.165) is 19.3 Å². The van der Waals surface area contributed by atoms with Gasteiger partial charge in [-0.05, 0) is 25.2 Å². The fourth-order valence-electron chi connectivity index (χ4n) is 3.12.